The topological polar surface area (TPSA) is 80.3 Å². The molecule has 4 unspecified atom stereocenters. The van der Waals surface area contributed by atoms with Crippen LogP contribution in [0.2, 0.25) is 0 Å². The Balaban J connectivity index is 1.78. The minimum atomic E-state index is -0.963. The molecule has 3 aromatic rings. The Morgan fingerprint density at radius 2 is 1.21 bits per heavy atom. The van der Waals surface area contributed by atoms with Crippen LogP contribution in [0.25, 0.3) is 0 Å². The highest BCUT2D eigenvalue weighted by atomic mass is 16.7. The van der Waals surface area contributed by atoms with Crippen LogP contribution in [-0.4, -0.2) is 50.3 Å². The number of methoxy groups -OCH3 is 1. The first-order valence-electron chi connectivity index (χ1n) is 13.0. The number of carbonyl (C=O) groups excluding carboxylic acids is 2. The Labute approximate surface area is 230 Å². The smallest absolute Gasteiger partial charge is 0.303 e. The molecule has 1 aliphatic rings. The van der Waals surface area contributed by atoms with Gasteiger partial charge in [0.15, 0.2) is 18.5 Å². The molecule has 0 saturated carbocycles. The van der Waals surface area contributed by atoms with E-state index in [1.165, 1.54) is 21.0 Å². The van der Waals surface area contributed by atoms with Gasteiger partial charge in [0, 0.05) is 26.4 Å². The summed E-state index contributed by atoms with van der Waals surface area (Å²) in [5.74, 6) is -1.02. The van der Waals surface area contributed by atoms with Crippen LogP contribution in [0.1, 0.15) is 44.4 Å². The van der Waals surface area contributed by atoms with E-state index in [0.29, 0.717) is 0 Å². The number of benzene rings is 3. The zero-order chi connectivity index (χ0) is 28.0. The van der Waals surface area contributed by atoms with Crippen LogP contribution in [0.15, 0.2) is 91.0 Å². The fourth-order valence-electron chi connectivity index (χ4n) is 5.28. The van der Waals surface area contributed by atoms with E-state index in [0.717, 1.165) is 16.7 Å². The van der Waals surface area contributed by atoms with Crippen LogP contribution in [0, 0.1) is 5.41 Å². The molecule has 0 aromatic heterocycles. The largest absolute Gasteiger partial charge is 0.458 e. The predicted molar refractivity (Wildman–Crippen MR) is 146 cm³/mol. The van der Waals surface area contributed by atoms with E-state index in [2.05, 4.69) is 0 Å². The van der Waals surface area contributed by atoms with Gasteiger partial charge in [-0.2, -0.15) is 0 Å². The quantitative estimate of drug-likeness (QED) is 0.275. The summed E-state index contributed by atoms with van der Waals surface area (Å²) in [6.07, 6.45) is -3.32. The molecule has 4 atom stereocenters. The summed E-state index contributed by atoms with van der Waals surface area (Å²) in [6.45, 7) is 6.57. The van der Waals surface area contributed by atoms with Gasteiger partial charge < -0.3 is 23.7 Å². The van der Waals surface area contributed by atoms with Crippen molar-refractivity contribution in [3.8, 4) is 0 Å². The van der Waals surface area contributed by atoms with Crippen molar-refractivity contribution in [2.24, 2.45) is 5.41 Å². The number of esters is 2. The number of ether oxygens (including phenoxy) is 5. The average Bonchev–Trinajstić information content (AvgIpc) is 2.93. The lowest BCUT2D eigenvalue weighted by Crippen LogP contribution is -2.63. The third kappa shape index (κ3) is 5.91. The zero-order valence-electron chi connectivity index (χ0n) is 23.0. The second kappa shape index (κ2) is 12.1. The maximum atomic E-state index is 12.1. The van der Waals surface area contributed by atoms with Crippen LogP contribution in [0.3, 0.4) is 0 Å². The molecular weight excluding hydrogens is 496 g/mol. The van der Waals surface area contributed by atoms with Crippen LogP contribution in [-0.2, 0) is 38.9 Å². The molecule has 1 heterocycles. The van der Waals surface area contributed by atoms with Gasteiger partial charge in [-0.25, -0.2) is 0 Å². The van der Waals surface area contributed by atoms with Gasteiger partial charge in [-0.05, 0) is 16.7 Å². The summed E-state index contributed by atoms with van der Waals surface area (Å²) in [5.41, 5.74) is 1.09. The number of hydrogen-bond acceptors (Lipinski definition) is 7. The molecule has 0 radical (unpaired) electrons. The van der Waals surface area contributed by atoms with Crippen molar-refractivity contribution >= 4 is 11.9 Å². The normalized spacial score (nSPS) is 22.6. The van der Waals surface area contributed by atoms with Crippen LogP contribution < -0.4 is 0 Å². The minimum Gasteiger partial charge on any atom is -0.458 e. The van der Waals surface area contributed by atoms with Crippen molar-refractivity contribution in [2.45, 2.75) is 57.9 Å². The highest BCUT2D eigenvalue weighted by molar-refractivity contribution is 5.67. The summed E-state index contributed by atoms with van der Waals surface area (Å²) < 4.78 is 30.2. The second-order valence-corrected chi connectivity index (χ2v) is 10.2. The van der Waals surface area contributed by atoms with Gasteiger partial charge in [0.1, 0.15) is 5.60 Å². The molecule has 7 nitrogen and oxygen atoms in total. The van der Waals surface area contributed by atoms with E-state index in [9.17, 15) is 9.59 Å². The van der Waals surface area contributed by atoms with Gasteiger partial charge in [-0.1, -0.05) is 105 Å². The monoisotopic (exact) mass is 532 g/mol. The van der Waals surface area contributed by atoms with Crippen LogP contribution in [0.4, 0.5) is 0 Å². The molecule has 7 heteroatoms. The van der Waals surface area contributed by atoms with E-state index < -0.39 is 47.6 Å². The molecule has 0 aliphatic carbocycles. The van der Waals surface area contributed by atoms with Gasteiger partial charge >= 0.3 is 11.9 Å². The molecule has 1 fully saturated rings. The highest BCUT2D eigenvalue weighted by Crippen LogP contribution is 2.44. The Bertz CT molecular complexity index is 1130. The van der Waals surface area contributed by atoms with Crippen molar-refractivity contribution in [2.75, 3.05) is 13.7 Å². The van der Waals surface area contributed by atoms with Gasteiger partial charge in [0.05, 0.1) is 12.7 Å². The van der Waals surface area contributed by atoms with Gasteiger partial charge in [-0.3, -0.25) is 9.59 Å². The lowest BCUT2D eigenvalue weighted by Gasteiger charge is -2.50. The van der Waals surface area contributed by atoms with Crippen molar-refractivity contribution in [3.05, 3.63) is 108 Å². The fourth-order valence-corrected chi connectivity index (χ4v) is 5.28. The van der Waals surface area contributed by atoms with Gasteiger partial charge in [0.25, 0.3) is 0 Å². The van der Waals surface area contributed by atoms with E-state index in [-0.39, 0.29) is 6.61 Å². The number of hydrogen-bond donors (Lipinski definition) is 0. The summed E-state index contributed by atoms with van der Waals surface area (Å²) in [6, 6.07) is 30.1. The molecule has 39 heavy (non-hydrogen) atoms. The lowest BCUT2D eigenvalue weighted by atomic mass is 9.75. The maximum Gasteiger partial charge on any atom is 0.303 e. The van der Waals surface area contributed by atoms with E-state index in [1.54, 1.807) is 0 Å². The molecule has 0 spiro atoms. The van der Waals surface area contributed by atoms with E-state index in [1.807, 2.05) is 105 Å². The maximum absolute atomic E-state index is 12.1. The first-order chi connectivity index (χ1) is 18.7. The Morgan fingerprint density at radius 1 is 0.769 bits per heavy atom. The molecule has 0 amide bonds. The van der Waals surface area contributed by atoms with Crippen LogP contribution in [0.5, 0.6) is 0 Å². The molecule has 1 aliphatic heterocycles. The summed E-state index contributed by atoms with van der Waals surface area (Å²) in [5, 5.41) is 0. The Kier molecular flexibility index (Phi) is 8.85. The zero-order valence-corrected chi connectivity index (χ0v) is 23.0. The first kappa shape index (κ1) is 28.5. The summed E-state index contributed by atoms with van der Waals surface area (Å²) >= 11 is 0. The summed E-state index contributed by atoms with van der Waals surface area (Å²) in [7, 11) is 1.46. The molecule has 4 rings (SSSR count). The minimum absolute atomic E-state index is 0.121. The molecule has 3 aromatic carbocycles. The molecule has 206 valence electrons. The molecule has 1 saturated heterocycles. The summed E-state index contributed by atoms with van der Waals surface area (Å²) in [4.78, 5) is 24.1. The van der Waals surface area contributed by atoms with Crippen molar-refractivity contribution in [3.63, 3.8) is 0 Å². The van der Waals surface area contributed by atoms with E-state index >= 15 is 0 Å². The Hall–Kier alpha value is -3.52. The van der Waals surface area contributed by atoms with Crippen molar-refractivity contribution in [1.82, 2.24) is 0 Å². The molecule has 0 bridgehead atoms. The van der Waals surface area contributed by atoms with Crippen molar-refractivity contribution < 1.29 is 33.3 Å². The number of carbonyl (C=O) groups is 2. The van der Waals surface area contributed by atoms with Gasteiger partial charge in [-0.15, -0.1) is 0 Å². The van der Waals surface area contributed by atoms with Gasteiger partial charge in [0.2, 0.25) is 0 Å². The second-order valence-electron chi connectivity index (χ2n) is 10.2. The standard InChI is InChI=1S/C32H36O7/c1-22(33)37-28-29(38-23(2)34)31(3,4)27(39-30(28)35-5)21-36-32(24-15-9-6-10-16-24,25-17-11-7-12-18-25)26-19-13-8-14-20-26/h6-20,27-30H,21H2,1-5H3. The fraction of sp³-hybridized carbons (Fsp3) is 0.375. The average molecular weight is 533 g/mol. The highest BCUT2D eigenvalue weighted by Gasteiger charge is 2.55. The lowest BCUT2D eigenvalue weighted by molar-refractivity contribution is -0.312. The third-order valence-corrected chi connectivity index (χ3v) is 7.25. The van der Waals surface area contributed by atoms with E-state index in [4.69, 9.17) is 23.7 Å². The Morgan fingerprint density at radius 3 is 1.59 bits per heavy atom. The SMILES string of the molecule is COC1OC(COC(c2ccccc2)(c2ccccc2)c2ccccc2)C(C)(C)C(OC(C)=O)C1OC(C)=O. The molecule has 0 N–H and O–H groups in total. The third-order valence-electron chi connectivity index (χ3n) is 7.25. The van der Waals surface area contributed by atoms with Crippen LogP contribution >= 0.6 is 0 Å². The first-order valence-corrected chi connectivity index (χ1v) is 13.0. The molecular formula is C32H36O7. The predicted octanol–water partition coefficient (Wildman–Crippen LogP) is 5.26. The van der Waals surface area contributed by atoms with Crippen molar-refractivity contribution in [1.29, 1.82) is 0 Å². The number of rotatable bonds is 9.